The van der Waals surface area contributed by atoms with Crippen LogP contribution in [-0.2, 0) is 16.0 Å². The van der Waals surface area contributed by atoms with Crippen molar-refractivity contribution in [2.24, 2.45) is 0 Å². The fourth-order valence-electron chi connectivity index (χ4n) is 2.26. The van der Waals surface area contributed by atoms with E-state index in [1.165, 1.54) is 11.3 Å². The Morgan fingerprint density at radius 2 is 2.45 bits per heavy atom. The molecule has 0 spiro atoms. The van der Waals surface area contributed by atoms with E-state index in [1.54, 1.807) is 19.2 Å². The Morgan fingerprint density at radius 1 is 1.65 bits per heavy atom. The predicted octanol–water partition coefficient (Wildman–Crippen LogP) is 1.56. The van der Waals surface area contributed by atoms with Crippen molar-refractivity contribution in [3.8, 4) is 0 Å². The number of hydrogen-bond acceptors (Lipinski definition) is 5. The van der Waals surface area contributed by atoms with Gasteiger partial charge in [0.05, 0.1) is 18.6 Å². The summed E-state index contributed by atoms with van der Waals surface area (Å²) >= 11 is 7.52. The lowest BCUT2D eigenvalue weighted by atomic mass is 10.1. The predicted molar refractivity (Wildman–Crippen MR) is 79.8 cm³/mol. The van der Waals surface area contributed by atoms with E-state index in [2.05, 4.69) is 4.81 Å². The number of alkyl halides is 1. The van der Waals surface area contributed by atoms with Crippen LogP contribution in [0.3, 0.4) is 0 Å². The molecule has 1 fully saturated rings. The second-order valence-corrected chi connectivity index (χ2v) is 6.42. The molecule has 0 bridgehead atoms. The zero-order valence-corrected chi connectivity index (χ0v) is 12.8. The lowest BCUT2D eigenvalue weighted by molar-refractivity contribution is 0.0702. The van der Waals surface area contributed by atoms with Crippen LogP contribution in [0.1, 0.15) is 21.0 Å². The molecule has 1 unspecified atom stereocenters. The molecule has 5 nitrogen and oxygen atoms in total. The number of thiophene rings is 1. The van der Waals surface area contributed by atoms with E-state index in [-0.39, 0.29) is 11.4 Å². The number of hydrogen-bond donors (Lipinski definition) is 1. The van der Waals surface area contributed by atoms with E-state index in [0.29, 0.717) is 25.7 Å². The molecule has 0 saturated carbocycles. The van der Waals surface area contributed by atoms with Crippen molar-refractivity contribution < 1.29 is 19.3 Å². The van der Waals surface area contributed by atoms with Gasteiger partial charge in [-0.25, -0.2) is 4.79 Å². The Morgan fingerprint density at radius 3 is 3.10 bits per heavy atom. The topological polar surface area (TPSA) is 59.0 Å². The van der Waals surface area contributed by atoms with Gasteiger partial charge in [-0.1, -0.05) is 0 Å². The first-order chi connectivity index (χ1) is 9.61. The zero-order chi connectivity index (χ0) is 14.5. The number of rotatable bonds is 7. The van der Waals surface area contributed by atoms with Crippen LogP contribution in [0.4, 0.5) is 0 Å². The molecule has 1 aliphatic heterocycles. The third-order valence-corrected chi connectivity index (χ3v) is 4.83. The summed E-state index contributed by atoms with van der Waals surface area (Å²) in [6, 6.07) is 3.53. The average molecular weight is 318 g/mol. The van der Waals surface area contributed by atoms with Crippen LogP contribution >= 0.6 is 22.9 Å². The lowest BCUT2D eigenvalue weighted by Crippen LogP contribution is -2.40. The summed E-state index contributed by atoms with van der Waals surface area (Å²) in [5.41, 5.74) is 0. The highest BCUT2D eigenvalue weighted by molar-refractivity contribution is 7.13. The molecule has 1 saturated heterocycles. The summed E-state index contributed by atoms with van der Waals surface area (Å²) in [5.74, 6) is -0.899. The van der Waals surface area contributed by atoms with Crippen LogP contribution in [-0.4, -0.2) is 55.2 Å². The molecule has 2 rings (SSSR count). The first kappa shape index (κ1) is 15.8. The molecular weight excluding hydrogens is 300 g/mol. The summed E-state index contributed by atoms with van der Waals surface area (Å²) in [6.45, 7) is 1.86. The van der Waals surface area contributed by atoms with Gasteiger partial charge in [0.1, 0.15) is 4.88 Å². The standard InChI is InChI=1S/C12H17BClNO4S/c1-18-13-15-5-4-9(14)10(15)7-19-6-8-2-3-11(20-8)12(16)17/h2-3,9-10,13H,4-7H2,1H3,(H,16,17)/t9?,10-/m0/s1. The van der Waals surface area contributed by atoms with Crippen molar-refractivity contribution >= 4 is 36.5 Å². The molecule has 0 radical (unpaired) electrons. The second-order valence-electron chi connectivity index (χ2n) is 4.69. The number of nitrogens with zero attached hydrogens (tertiary/aromatic N) is 1. The van der Waals surface area contributed by atoms with Crippen LogP contribution in [0.15, 0.2) is 12.1 Å². The van der Waals surface area contributed by atoms with Gasteiger partial charge in [-0.15, -0.1) is 22.9 Å². The average Bonchev–Trinajstić information content (AvgIpc) is 3.00. The van der Waals surface area contributed by atoms with Crippen molar-refractivity contribution in [2.45, 2.75) is 24.4 Å². The van der Waals surface area contributed by atoms with E-state index >= 15 is 0 Å². The van der Waals surface area contributed by atoms with Gasteiger partial charge in [-0.3, -0.25) is 0 Å². The maximum Gasteiger partial charge on any atom is 0.363 e. The molecule has 1 N–H and O–H groups in total. The number of carboxylic acid groups (broad SMARTS) is 1. The molecule has 2 heterocycles. The quantitative estimate of drug-likeness (QED) is 0.611. The van der Waals surface area contributed by atoms with E-state index in [0.717, 1.165) is 17.8 Å². The Balaban J connectivity index is 1.80. The van der Waals surface area contributed by atoms with Crippen LogP contribution in [0.2, 0.25) is 0 Å². The number of carboxylic acids is 1. The minimum atomic E-state index is -0.899. The summed E-state index contributed by atoms with van der Waals surface area (Å²) in [5, 5.41) is 8.93. The van der Waals surface area contributed by atoms with E-state index in [4.69, 9.17) is 26.1 Å². The van der Waals surface area contributed by atoms with Crippen LogP contribution in [0.25, 0.3) is 0 Å². The molecular formula is C12H17BClNO4S. The molecule has 0 amide bonds. The molecule has 1 aliphatic rings. The molecule has 110 valence electrons. The fraction of sp³-hybridized carbons (Fsp3) is 0.583. The van der Waals surface area contributed by atoms with Crippen molar-refractivity contribution in [2.75, 3.05) is 20.3 Å². The highest BCUT2D eigenvalue weighted by atomic mass is 35.5. The fourth-order valence-corrected chi connectivity index (χ4v) is 3.38. The molecule has 20 heavy (non-hydrogen) atoms. The number of aromatic carboxylic acids is 1. The third-order valence-electron chi connectivity index (χ3n) is 3.28. The van der Waals surface area contributed by atoms with Crippen LogP contribution in [0.5, 0.6) is 0 Å². The lowest BCUT2D eigenvalue weighted by Gasteiger charge is -2.24. The first-order valence-electron chi connectivity index (χ1n) is 6.38. The maximum atomic E-state index is 10.8. The van der Waals surface area contributed by atoms with Gasteiger partial charge in [-0.05, 0) is 25.1 Å². The summed E-state index contributed by atoms with van der Waals surface area (Å²) < 4.78 is 10.8. The Bertz CT molecular complexity index is 456. The highest BCUT2D eigenvalue weighted by Gasteiger charge is 2.33. The Labute approximate surface area is 127 Å². The summed E-state index contributed by atoms with van der Waals surface area (Å²) in [4.78, 5) is 14.2. The van der Waals surface area contributed by atoms with Crippen molar-refractivity contribution in [1.82, 2.24) is 4.81 Å². The molecule has 1 aromatic rings. The normalized spacial score (nSPS) is 23.1. The monoisotopic (exact) mass is 317 g/mol. The van der Waals surface area contributed by atoms with Crippen molar-refractivity contribution in [3.63, 3.8) is 0 Å². The first-order valence-corrected chi connectivity index (χ1v) is 7.64. The molecule has 1 aromatic heterocycles. The Kier molecular flexibility index (Phi) is 5.86. The highest BCUT2D eigenvalue weighted by Crippen LogP contribution is 2.23. The van der Waals surface area contributed by atoms with E-state index < -0.39 is 5.97 Å². The Hall–Kier alpha value is -0.595. The SMILES string of the molecule is COBN1CCC(Cl)[C@@H]1COCc1ccc(C(=O)O)s1. The molecule has 0 aromatic carbocycles. The van der Waals surface area contributed by atoms with Crippen LogP contribution in [0, 0.1) is 0 Å². The van der Waals surface area contributed by atoms with E-state index in [1.807, 2.05) is 0 Å². The van der Waals surface area contributed by atoms with Gasteiger partial charge in [0.25, 0.3) is 0 Å². The van der Waals surface area contributed by atoms with Crippen molar-refractivity contribution in [3.05, 3.63) is 21.9 Å². The van der Waals surface area contributed by atoms with Crippen molar-refractivity contribution in [1.29, 1.82) is 0 Å². The smallest absolute Gasteiger partial charge is 0.363 e. The number of halogens is 1. The van der Waals surface area contributed by atoms with Gasteiger partial charge >= 0.3 is 13.6 Å². The number of carbonyl (C=O) groups is 1. The van der Waals surface area contributed by atoms with Gasteiger partial charge < -0.3 is 19.3 Å². The van der Waals surface area contributed by atoms with E-state index in [9.17, 15) is 4.79 Å². The minimum absolute atomic E-state index is 0.0723. The largest absolute Gasteiger partial charge is 0.477 e. The van der Waals surface area contributed by atoms with Gasteiger partial charge in [-0.2, -0.15) is 0 Å². The third kappa shape index (κ3) is 3.96. The molecule has 0 aliphatic carbocycles. The van der Waals surface area contributed by atoms with Gasteiger partial charge in [0, 0.05) is 18.0 Å². The minimum Gasteiger partial charge on any atom is -0.477 e. The maximum absolute atomic E-state index is 10.8. The van der Waals surface area contributed by atoms with Crippen LogP contribution < -0.4 is 0 Å². The summed E-state index contributed by atoms with van der Waals surface area (Å²) in [6.07, 6.45) is 0.932. The molecule has 8 heteroatoms. The second kappa shape index (κ2) is 7.42. The zero-order valence-electron chi connectivity index (χ0n) is 11.3. The summed E-state index contributed by atoms with van der Waals surface area (Å²) in [7, 11) is 2.22. The number of ether oxygens (including phenoxy) is 1. The van der Waals surface area contributed by atoms with Gasteiger partial charge in [0.2, 0.25) is 0 Å². The molecule has 2 atom stereocenters. The van der Waals surface area contributed by atoms with Gasteiger partial charge in [0.15, 0.2) is 0 Å².